The van der Waals surface area contributed by atoms with E-state index in [1.165, 1.54) is 30.6 Å². The van der Waals surface area contributed by atoms with Gasteiger partial charge in [-0.05, 0) is 124 Å². The molecule has 0 bridgehead atoms. The predicted octanol–water partition coefficient (Wildman–Crippen LogP) is 7.29. The number of thiophene rings is 1. The predicted molar refractivity (Wildman–Crippen MR) is 170 cm³/mol. The minimum absolute atomic E-state index is 0.00835. The first-order valence-corrected chi connectivity index (χ1v) is 16.4. The van der Waals surface area contributed by atoms with E-state index < -0.39 is 0 Å². The smallest absolute Gasteiger partial charge is 0.314 e. The highest BCUT2D eigenvalue weighted by atomic mass is 32.1. The number of nitrogens with zero attached hydrogens (tertiary/aromatic N) is 1. The molecular weight excluding hydrogens is 574 g/mol. The Hall–Kier alpha value is -4.01. The number of esters is 2. The van der Waals surface area contributed by atoms with Crippen LogP contribution < -0.4 is 14.2 Å². The number of fused-ring (bicyclic) bond motifs is 1. The Balaban J connectivity index is 1.14. The van der Waals surface area contributed by atoms with Crippen LogP contribution >= 0.6 is 11.3 Å². The van der Waals surface area contributed by atoms with Gasteiger partial charge in [0.15, 0.2) is 5.78 Å². The quantitative estimate of drug-likeness (QED) is 0.100. The number of piperidine rings is 1. The van der Waals surface area contributed by atoms with Crippen LogP contribution in [0.5, 0.6) is 17.2 Å². The molecular formula is C36H35NO6S. The maximum Gasteiger partial charge on any atom is 0.314 e. The molecule has 1 aliphatic heterocycles. The molecule has 8 heteroatoms. The van der Waals surface area contributed by atoms with Crippen LogP contribution in [0.2, 0.25) is 0 Å². The first kappa shape index (κ1) is 28.7. The summed E-state index contributed by atoms with van der Waals surface area (Å²) >= 11 is 1.48. The van der Waals surface area contributed by atoms with Crippen LogP contribution in [-0.2, 0) is 9.59 Å². The van der Waals surface area contributed by atoms with Crippen LogP contribution in [-0.4, -0.2) is 48.9 Å². The van der Waals surface area contributed by atoms with E-state index in [0.717, 1.165) is 71.6 Å². The van der Waals surface area contributed by atoms with Crippen LogP contribution in [0.4, 0.5) is 0 Å². The van der Waals surface area contributed by atoms with E-state index in [1.807, 2.05) is 48.5 Å². The second-order valence-electron chi connectivity index (χ2n) is 12.0. The third kappa shape index (κ3) is 6.56. The van der Waals surface area contributed by atoms with Gasteiger partial charge in [0.05, 0.1) is 11.8 Å². The SMILES string of the molecule is O=C(c1ccc(OCCN2CCCCC2)cc1)c1c(-c2ccc(OC(=O)C3CC3)cc2)sc2cc(OC(=O)C3CC3)ccc12. The first-order chi connectivity index (χ1) is 21.5. The number of benzene rings is 3. The normalized spacial score (nSPS) is 16.9. The molecule has 7 nitrogen and oxygen atoms in total. The van der Waals surface area contributed by atoms with Crippen molar-refractivity contribution >= 4 is 39.1 Å². The summed E-state index contributed by atoms with van der Waals surface area (Å²) in [6.45, 7) is 3.78. The van der Waals surface area contributed by atoms with Crippen molar-refractivity contribution in [3.8, 4) is 27.7 Å². The molecule has 1 aromatic heterocycles. The average molecular weight is 610 g/mol. The molecule has 0 N–H and O–H groups in total. The van der Waals surface area contributed by atoms with Crippen molar-refractivity contribution in [2.75, 3.05) is 26.2 Å². The second-order valence-corrected chi connectivity index (χ2v) is 13.0. The van der Waals surface area contributed by atoms with Gasteiger partial charge in [0.2, 0.25) is 0 Å². The van der Waals surface area contributed by atoms with Crippen molar-refractivity contribution < 1.29 is 28.6 Å². The Bertz CT molecular complexity index is 1680. The molecule has 3 aromatic carbocycles. The number of rotatable bonds is 11. The summed E-state index contributed by atoms with van der Waals surface area (Å²) in [5, 5.41) is 0.798. The van der Waals surface area contributed by atoms with E-state index >= 15 is 0 Å². The van der Waals surface area contributed by atoms with E-state index in [9.17, 15) is 14.4 Å². The summed E-state index contributed by atoms with van der Waals surface area (Å²) in [5.74, 6) is 1.22. The van der Waals surface area contributed by atoms with E-state index in [4.69, 9.17) is 14.2 Å². The van der Waals surface area contributed by atoms with Gasteiger partial charge < -0.3 is 14.2 Å². The summed E-state index contributed by atoms with van der Waals surface area (Å²) in [6, 6.07) is 20.1. The Morgan fingerprint density at radius 2 is 1.34 bits per heavy atom. The maximum atomic E-state index is 14.1. The van der Waals surface area contributed by atoms with Gasteiger partial charge in [-0.1, -0.05) is 6.42 Å². The van der Waals surface area contributed by atoms with Crippen LogP contribution in [0.1, 0.15) is 60.9 Å². The number of hydrogen-bond acceptors (Lipinski definition) is 8. The first-order valence-electron chi connectivity index (χ1n) is 15.6. The molecule has 4 aromatic rings. The van der Waals surface area contributed by atoms with Gasteiger partial charge in [-0.25, -0.2) is 0 Å². The minimum atomic E-state index is -0.202. The average Bonchev–Trinajstić information content (AvgIpc) is 3.98. The lowest BCUT2D eigenvalue weighted by atomic mass is 9.97. The van der Waals surface area contributed by atoms with Crippen molar-refractivity contribution in [3.05, 3.63) is 77.9 Å². The number of ketones is 1. The molecule has 2 saturated carbocycles. The highest BCUT2D eigenvalue weighted by molar-refractivity contribution is 7.22. The van der Waals surface area contributed by atoms with Crippen molar-refractivity contribution in [1.82, 2.24) is 4.90 Å². The molecule has 7 rings (SSSR count). The number of carbonyl (C=O) groups excluding carboxylic acids is 3. The van der Waals surface area contributed by atoms with Gasteiger partial charge >= 0.3 is 11.9 Å². The van der Waals surface area contributed by atoms with Crippen molar-refractivity contribution in [2.24, 2.45) is 11.8 Å². The largest absolute Gasteiger partial charge is 0.492 e. The monoisotopic (exact) mass is 609 g/mol. The lowest BCUT2D eigenvalue weighted by Gasteiger charge is -2.26. The molecule has 0 radical (unpaired) electrons. The highest BCUT2D eigenvalue weighted by Crippen LogP contribution is 2.42. The molecule has 2 heterocycles. The Kier molecular flexibility index (Phi) is 8.19. The lowest BCUT2D eigenvalue weighted by Crippen LogP contribution is -2.33. The fourth-order valence-electron chi connectivity index (χ4n) is 5.60. The Labute approximate surface area is 260 Å². The van der Waals surface area contributed by atoms with Crippen molar-refractivity contribution in [3.63, 3.8) is 0 Å². The summed E-state index contributed by atoms with van der Waals surface area (Å²) in [7, 11) is 0. The zero-order valence-electron chi connectivity index (χ0n) is 24.6. The Morgan fingerprint density at radius 1 is 0.727 bits per heavy atom. The maximum absolute atomic E-state index is 14.1. The number of likely N-dealkylation sites (tertiary alicyclic amines) is 1. The van der Waals surface area contributed by atoms with Gasteiger partial charge in [0, 0.05) is 32.6 Å². The fourth-order valence-corrected chi connectivity index (χ4v) is 6.84. The van der Waals surface area contributed by atoms with Gasteiger partial charge in [-0.3, -0.25) is 19.3 Å². The molecule has 226 valence electrons. The number of hydrogen-bond donors (Lipinski definition) is 0. The molecule has 1 saturated heterocycles. The van der Waals surface area contributed by atoms with E-state index in [1.54, 1.807) is 18.2 Å². The van der Waals surface area contributed by atoms with E-state index in [-0.39, 0.29) is 29.6 Å². The second kappa shape index (κ2) is 12.5. The molecule has 3 fully saturated rings. The molecule has 0 amide bonds. The van der Waals surface area contributed by atoms with Gasteiger partial charge in [-0.2, -0.15) is 0 Å². The van der Waals surface area contributed by atoms with Crippen LogP contribution in [0, 0.1) is 11.8 Å². The summed E-state index contributed by atoms with van der Waals surface area (Å²) in [6.07, 6.45) is 7.32. The molecule has 44 heavy (non-hydrogen) atoms. The van der Waals surface area contributed by atoms with Crippen LogP contribution in [0.25, 0.3) is 20.5 Å². The van der Waals surface area contributed by atoms with Gasteiger partial charge in [-0.15, -0.1) is 11.3 Å². The number of ether oxygens (including phenoxy) is 3. The Morgan fingerprint density at radius 3 is 2.00 bits per heavy atom. The van der Waals surface area contributed by atoms with Gasteiger partial charge in [0.25, 0.3) is 0 Å². The molecule has 0 spiro atoms. The molecule has 3 aliphatic rings. The van der Waals surface area contributed by atoms with E-state index in [2.05, 4.69) is 4.90 Å². The fraction of sp³-hybridized carbons (Fsp3) is 0.361. The van der Waals surface area contributed by atoms with Gasteiger partial charge in [0.1, 0.15) is 23.9 Å². The zero-order chi connectivity index (χ0) is 30.0. The topological polar surface area (TPSA) is 82.1 Å². The molecule has 2 aliphatic carbocycles. The summed E-state index contributed by atoms with van der Waals surface area (Å²) in [4.78, 5) is 41.8. The highest BCUT2D eigenvalue weighted by Gasteiger charge is 2.32. The zero-order valence-corrected chi connectivity index (χ0v) is 25.4. The summed E-state index contributed by atoms with van der Waals surface area (Å²) < 4.78 is 18.0. The van der Waals surface area contributed by atoms with Crippen LogP contribution in [0.15, 0.2) is 66.7 Å². The third-order valence-electron chi connectivity index (χ3n) is 8.50. The molecule has 0 atom stereocenters. The van der Waals surface area contributed by atoms with E-state index in [0.29, 0.717) is 29.2 Å². The lowest BCUT2D eigenvalue weighted by molar-refractivity contribution is -0.136. The standard InChI is InChI=1S/C36H35NO6S/c38-33(23-8-12-27(13-9-23)41-21-20-37-18-2-1-3-19-37)32-30-17-16-29(43-36(40)26-6-7-26)22-31(30)44-34(32)24-10-14-28(15-11-24)42-35(39)25-4-5-25/h8-17,22,25-26H,1-7,18-21H2. The van der Waals surface area contributed by atoms with Crippen molar-refractivity contribution in [2.45, 2.75) is 44.9 Å². The molecule has 0 unspecified atom stereocenters. The van der Waals surface area contributed by atoms with Crippen molar-refractivity contribution in [1.29, 1.82) is 0 Å². The minimum Gasteiger partial charge on any atom is -0.492 e. The van der Waals surface area contributed by atoms with Crippen LogP contribution in [0.3, 0.4) is 0 Å². The number of carbonyl (C=O) groups is 3. The summed E-state index contributed by atoms with van der Waals surface area (Å²) in [5.41, 5.74) is 2.00. The third-order valence-corrected chi connectivity index (χ3v) is 9.71.